The minimum atomic E-state index is -0.129. The minimum Gasteiger partial charge on any atom is -0.341 e. The van der Waals surface area contributed by atoms with Crippen LogP contribution in [0.5, 0.6) is 0 Å². The predicted octanol–water partition coefficient (Wildman–Crippen LogP) is 2.51. The van der Waals surface area contributed by atoms with E-state index in [1.165, 1.54) is 6.42 Å². The number of rotatable bonds is 2. The highest BCUT2D eigenvalue weighted by Crippen LogP contribution is 2.25. The van der Waals surface area contributed by atoms with Crippen LogP contribution in [0, 0.1) is 5.92 Å². The molecule has 2 saturated heterocycles. The van der Waals surface area contributed by atoms with Gasteiger partial charge in [0.1, 0.15) is 6.04 Å². The summed E-state index contributed by atoms with van der Waals surface area (Å²) < 4.78 is 0. The van der Waals surface area contributed by atoms with Gasteiger partial charge < -0.3 is 4.90 Å². The number of nitrogens with zero attached hydrogens (tertiary/aromatic N) is 1. The third kappa shape index (κ3) is 3.39. The van der Waals surface area contributed by atoms with Gasteiger partial charge in [-0.3, -0.25) is 4.79 Å². The number of nitrogens with one attached hydrogen (secondary N) is 2. The van der Waals surface area contributed by atoms with Crippen LogP contribution in [-0.4, -0.2) is 29.9 Å². The number of likely N-dealkylation sites (tertiary alicyclic amines) is 1. The van der Waals surface area contributed by atoms with E-state index in [1.54, 1.807) is 0 Å². The third-order valence-electron chi connectivity index (χ3n) is 4.44. The second-order valence-electron chi connectivity index (χ2n) is 6.21. The first-order valence-electron chi connectivity index (χ1n) is 7.69. The van der Waals surface area contributed by atoms with Gasteiger partial charge in [-0.05, 0) is 42.9 Å². The average Bonchev–Trinajstić information content (AvgIpc) is 2.97. The molecule has 1 aromatic rings. The number of hydrazine groups is 1. The van der Waals surface area contributed by atoms with E-state index in [0.29, 0.717) is 5.92 Å². The van der Waals surface area contributed by atoms with Gasteiger partial charge in [0.25, 0.3) is 0 Å². The maximum Gasteiger partial charge on any atom is 0.241 e. The molecule has 0 aromatic heterocycles. The summed E-state index contributed by atoms with van der Waals surface area (Å²) in [5.41, 5.74) is 7.55. The molecule has 2 N–H and O–H groups in total. The highest BCUT2D eigenvalue weighted by atomic mass is 35.5. The predicted molar refractivity (Wildman–Crippen MR) is 83.8 cm³/mol. The van der Waals surface area contributed by atoms with Gasteiger partial charge in [-0.2, -0.15) is 0 Å². The number of benzene rings is 1. The largest absolute Gasteiger partial charge is 0.341 e. The number of halogens is 1. The van der Waals surface area contributed by atoms with Crippen molar-refractivity contribution in [3.63, 3.8) is 0 Å². The third-order valence-corrected chi connectivity index (χ3v) is 4.69. The van der Waals surface area contributed by atoms with Crippen LogP contribution in [0.1, 0.15) is 37.8 Å². The topological polar surface area (TPSA) is 44.4 Å². The Morgan fingerprint density at radius 2 is 2.05 bits per heavy atom. The summed E-state index contributed by atoms with van der Waals surface area (Å²) in [5, 5.41) is 0.736. The lowest BCUT2D eigenvalue weighted by Gasteiger charge is -2.32. The van der Waals surface area contributed by atoms with Crippen LogP contribution in [0.25, 0.3) is 0 Å². The van der Waals surface area contributed by atoms with Crippen LogP contribution in [-0.2, 0) is 4.79 Å². The van der Waals surface area contributed by atoms with Crippen LogP contribution in [0.4, 0.5) is 0 Å². The molecule has 2 fully saturated rings. The van der Waals surface area contributed by atoms with Crippen molar-refractivity contribution in [1.82, 2.24) is 15.8 Å². The Labute approximate surface area is 130 Å². The lowest BCUT2D eigenvalue weighted by atomic mass is 9.98. The molecule has 4 nitrogen and oxygen atoms in total. The van der Waals surface area contributed by atoms with E-state index in [0.717, 1.165) is 36.5 Å². The second kappa shape index (κ2) is 6.34. The molecule has 2 aliphatic rings. The molecular formula is C16H22ClN3O. The van der Waals surface area contributed by atoms with E-state index < -0.39 is 0 Å². The normalized spacial score (nSPS) is 29.6. The standard InChI is InChI=1S/C16H22ClN3O/c1-11-3-2-8-20(10-11)16(21)15-9-14(18-19-15)12-4-6-13(17)7-5-12/h4-7,11,14-15,18-19H,2-3,8-10H2,1H3. The van der Waals surface area contributed by atoms with Crippen molar-refractivity contribution in [2.24, 2.45) is 5.92 Å². The highest BCUT2D eigenvalue weighted by Gasteiger charge is 2.34. The van der Waals surface area contributed by atoms with Gasteiger partial charge in [0, 0.05) is 24.2 Å². The lowest BCUT2D eigenvalue weighted by Crippen LogP contribution is -2.48. The number of carbonyl (C=O) groups excluding carboxylic acids is 1. The first-order valence-corrected chi connectivity index (χ1v) is 8.06. The van der Waals surface area contributed by atoms with Gasteiger partial charge in [0.05, 0.1) is 0 Å². The molecule has 1 amide bonds. The molecule has 1 aromatic carbocycles. The number of amides is 1. The van der Waals surface area contributed by atoms with Gasteiger partial charge >= 0.3 is 0 Å². The zero-order valence-electron chi connectivity index (χ0n) is 12.3. The summed E-state index contributed by atoms with van der Waals surface area (Å²) in [7, 11) is 0. The van der Waals surface area contributed by atoms with Crippen LogP contribution >= 0.6 is 11.6 Å². The van der Waals surface area contributed by atoms with Crippen molar-refractivity contribution in [3.05, 3.63) is 34.9 Å². The van der Waals surface area contributed by atoms with Crippen LogP contribution in [0.15, 0.2) is 24.3 Å². The molecule has 0 spiro atoms. The van der Waals surface area contributed by atoms with Crippen LogP contribution in [0.3, 0.4) is 0 Å². The Bertz CT molecular complexity index is 505. The van der Waals surface area contributed by atoms with E-state index in [-0.39, 0.29) is 18.0 Å². The van der Waals surface area contributed by atoms with Crippen molar-refractivity contribution in [2.45, 2.75) is 38.3 Å². The molecule has 114 valence electrons. The van der Waals surface area contributed by atoms with Gasteiger partial charge in [-0.1, -0.05) is 30.7 Å². The molecule has 21 heavy (non-hydrogen) atoms. The fraction of sp³-hybridized carbons (Fsp3) is 0.562. The van der Waals surface area contributed by atoms with Crippen molar-refractivity contribution < 1.29 is 4.79 Å². The Balaban J connectivity index is 1.61. The van der Waals surface area contributed by atoms with Crippen molar-refractivity contribution in [1.29, 1.82) is 0 Å². The molecule has 2 heterocycles. The van der Waals surface area contributed by atoms with E-state index in [1.807, 2.05) is 29.2 Å². The zero-order valence-corrected chi connectivity index (χ0v) is 13.1. The van der Waals surface area contributed by atoms with Crippen molar-refractivity contribution in [3.8, 4) is 0 Å². The number of hydrogen-bond acceptors (Lipinski definition) is 3. The smallest absolute Gasteiger partial charge is 0.241 e. The summed E-state index contributed by atoms with van der Waals surface area (Å²) in [6.07, 6.45) is 3.13. The Kier molecular flexibility index (Phi) is 4.48. The SMILES string of the molecule is CC1CCCN(C(=O)C2CC(c3ccc(Cl)cc3)NN2)C1. The molecule has 0 saturated carbocycles. The van der Waals surface area contributed by atoms with E-state index >= 15 is 0 Å². The summed E-state index contributed by atoms with van der Waals surface area (Å²) >= 11 is 5.92. The molecular weight excluding hydrogens is 286 g/mol. The summed E-state index contributed by atoms with van der Waals surface area (Å²) in [6.45, 7) is 4.01. The summed E-state index contributed by atoms with van der Waals surface area (Å²) in [4.78, 5) is 14.6. The number of carbonyl (C=O) groups is 1. The maximum absolute atomic E-state index is 12.6. The van der Waals surface area contributed by atoms with Crippen LogP contribution in [0.2, 0.25) is 5.02 Å². The van der Waals surface area contributed by atoms with Crippen molar-refractivity contribution in [2.75, 3.05) is 13.1 Å². The molecule has 0 radical (unpaired) electrons. The fourth-order valence-corrected chi connectivity index (χ4v) is 3.37. The molecule has 5 heteroatoms. The first-order chi connectivity index (χ1) is 10.1. The fourth-order valence-electron chi connectivity index (χ4n) is 3.24. The molecule has 3 unspecified atom stereocenters. The van der Waals surface area contributed by atoms with E-state index in [9.17, 15) is 4.79 Å². The maximum atomic E-state index is 12.6. The molecule has 0 aliphatic carbocycles. The number of piperidine rings is 1. The Morgan fingerprint density at radius 1 is 1.29 bits per heavy atom. The van der Waals surface area contributed by atoms with Gasteiger partial charge in [-0.15, -0.1) is 0 Å². The average molecular weight is 308 g/mol. The summed E-state index contributed by atoms with van der Waals surface area (Å²) in [5.74, 6) is 0.842. The second-order valence-corrected chi connectivity index (χ2v) is 6.65. The first kappa shape index (κ1) is 14.8. The zero-order chi connectivity index (χ0) is 14.8. The quantitative estimate of drug-likeness (QED) is 0.882. The Morgan fingerprint density at radius 3 is 2.76 bits per heavy atom. The van der Waals surface area contributed by atoms with E-state index in [2.05, 4.69) is 17.8 Å². The summed E-state index contributed by atoms with van der Waals surface area (Å²) in [6, 6.07) is 7.84. The van der Waals surface area contributed by atoms with Gasteiger partial charge in [0.2, 0.25) is 5.91 Å². The van der Waals surface area contributed by atoms with Crippen molar-refractivity contribution >= 4 is 17.5 Å². The minimum absolute atomic E-state index is 0.129. The number of hydrogen-bond donors (Lipinski definition) is 2. The molecule has 3 atom stereocenters. The molecule has 3 rings (SSSR count). The van der Waals surface area contributed by atoms with Gasteiger partial charge in [-0.25, -0.2) is 10.9 Å². The Hall–Kier alpha value is -1.10. The highest BCUT2D eigenvalue weighted by molar-refractivity contribution is 6.30. The molecule has 0 bridgehead atoms. The molecule has 2 aliphatic heterocycles. The van der Waals surface area contributed by atoms with E-state index in [4.69, 9.17) is 11.6 Å². The van der Waals surface area contributed by atoms with Crippen LogP contribution < -0.4 is 10.9 Å². The monoisotopic (exact) mass is 307 g/mol. The van der Waals surface area contributed by atoms with Gasteiger partial charge in [0.15, 0.2) is 0 Å². The lowest BCUT2D eigenvalue weighted by molar-refractivity contribution is -0.134.